The molecule has 1 saturated heterocycles. The first-order valence-corrected chi connectivity index (χ1v) is 7.80. The summed E-state index contributed by atoms with van der Waals surface area (Å²) in [4.78, 5) is 2.81. The van der Waals surface area contributed by atoms with E-state index in [9.17, 15) is 0 Å². The van der Waals surface area contributed by atoms with Crippen molar-refractivity contribution in [1.82, 2.24) is 10.2 Å². The van der Waals surface area contributed by atoms with E-state index in [1.165, 1.54) is 64.6 Å². The second-order valence-electron chi connectivity index (χ2n) is 6.68. The minimum atomic E-state index is 0.830. The summed E-state index contributed by atoms with van der Waals surface area (Å²) in [5.74, 6) is 1.88. The summed E-state index contributed by atoms with van der Waals surface area (Å²) in [5.41, 5.74) is 0. The van der Waals surface area contributed by atoms with Crippen LogP contribution in [0.15, 0.2) is 0 Å². The Morgan fingerprint density at radius 2 is 1.94 bits per heavy atom. The first-order valence-electron chi connectivity index (χ1n) is 7.80. The lowest BCUT2D eigenvalue weighted by molar-refractivity contribution is 0.162. The molecule has 2 heteroatoms. The third-order valence-corrected chi connectivity index (χ3v) is 5.00. The van der Waals surface area contributed by atoms with E-state index in [1.807, 2.05) is 0 Å². The number of nitrogens with one attached hydrogen (secondary N) is 1. The molecule has 17 heavy (non-hydrogen) atoms. The predicted octanol–water partition coefficient (Wildman–Crippen LogP) is 2.64. The molecule has 1 aliphatic heterocycles. The van der Waals surface area contributed by atoms with E-state index in [4.69, 9.17) is 0 Å². The van der Waals surface area contributed by atoms with E-state index in [1.54, 1.807) is 0 Å². The Hall–Kier alpha value is -0.0800. The first-order chi connectivity index (χ1) is 8.33. The highest BCUT2D eigenvalue weighted by Crippen LogP contribution is 2.36. The van der Waals surface area contributed by atoms with Crippen molar-refractivity contribution in [3.63, 3.8) is 0 Å². The maximum absolute atomic E-state index is 3.68. The normalized spacial score (nSPS) is 35.8. The third-order valence-electron chi connectivity index (χ3n) is 5.00. The summed E-state index contributed by atoms with van der Waals surface area (Å²) in [6.45, 7) is 6.37. The lowest BCUT2D eigenvalue weighted by Gasteiger charge is -2.33. The molecule has 98 valence electrons. The van der Waals surface area contributed by atoms with Gasteiger partial charge in [0.25, 0.3) is 0 Å². The number of fused-ring (bicyclic) bond motifs is 1. The molecule has 2 nitrogen and oxygen atoms in total. The maximum atomic E-state index is 3.68. The zero-order chi connectivity index (χ0) is 11.7. The molecule has 3 unspecified atom stereocenters. The summed E-state index contributed by atoms with van der Waals surface area (Å²) < 4.78 is 0. The highest BCUT2D eigenvalue weighted by atomic mass is 15.2. The van der Waals surface area contributed by atoms with Gasteiger partial charge in [-0.15, -0.1) is 0 Å². The lowest BCUT2D eigenvalue weighted by Crippen LogP contribution is -2.39. The van der Waals surface area contributed by atoms with Gasteiger partial charge in [-0.25, -0.2) is 0 Å². The highest BCUT2D eigenvalue weighted by molar-refractivity contribution is 4.90. The molecule has 3 aliphatic rings. The van der Waals surface area contributed by atoms with E-state index in [0.29, 0.717) is 0 Å². The molecule has 1 heterocycles. The van der Waals surface area contributed by atoms with Gasteiger partial charge in [0.05, 0.1) is 0 Å². The number of rotatable bonds is 5. The highest BCUT2D eigenvalue weighted by Gasteiger charge is 2.35. The summed E-state index contributed by atoms with van der Waals surface area (Å²) in [6.07, 6.45) is 10.3. The Balaban J connectivity index is 1.43. The molecule has 2 saturated carbocycles. The Labute approximate surface area is 106 Å². The fraction of sp³-hybridized carbons (Fsp3) is 1.00. The summed E-state index contributed by atoms with van der Waals surface area (Å²) in [5, 5.41) is 3.68. The molecule has 0 radical (unpaired) electrons. The van der Waals surface area contributed by atoms with Crippen molar-refractivity contribution in [2.45, 2.75) is 64.0 Å². The van der Waals surface area contributed by atoms with Crippen molar-refractivity contribution in [1.29, 1.82) is 0 Å². The fourth-order valence-electron chi connectivity index (χ4n) is 3.85. The smallest absolute Gasteiger partial charge is 0.0124 e. The van der Waals surface area contributed by atoms with Crippen LogP contribution >= 0.6 is 0 Å². The SMILES string of the molecule is CC(CNC1CC1)CN1CCC2CCCCC21. The van der Waals surface area contributed by atoms with Gasteiger partial charge in [-0.05, 0) is 57.0 Å². The molecule has 0 bridgehead atoms. The quantitative estimate of drug-likeness (QED) is 0.789. The van der Waals surface area contributed by atoms with E-state index < -0.39 is 0 Å². The molecule has 3 atom stereocenters. The molecule has 0 aromatic heterocycles. The van der Waals surface area contributed by atoms with Gasteiger partial charge < -0.3 is 5.32 Å². The number of nitrogens with zero attached hydrogens (tertiary/aromatic N) is 1. The van der Waals surface area contributed by atoms with Crippen LogP contribution in [0.4, 0.5) is 0 Å². The molecule has 0 aromatic rings. The van der Waals surface area contributed by atoms with Gasteiger partial charge in [0.15, 0.2) is 0 Å². The zero-order valence-corrected chi connectivity index (χ0v) is 11.3. The van der Waals surface area contributed by atoms with E-state index in [2.05, 4.69) is 17.1 Å². The Morgan fingerprint density at radius 3 is 2.76 bits per heavy atom. The van der Waals surface area contributed by atoms with Crippen LogP contribution in [-0.2, 0) is 0 Å². The van der Waals surface area contributed by atoms with Crippen LogP contribution in [-0.4, -0.2) is 36.6 Å². The van der Waals surface area contributed by atoms with Gasteiger partial charge >= 0.3 is 0 Å². The van der Waals surface area contributed by atoms with Crippen LogP contribution in [0, 0.1) is 11.8 Å². The van der Waals surface area contributed by atoms with Gasteiger partial charge in [-0.2, -0.15) is 0 Å². The zero-order valence-electron chi connectivity index (χ0n) is 11.3. The van der Waals surface area contributed by atoms with Crippen LogP contribution in [0.25, 0.3) is 0 Å². The monoisotopic (exact) mass is 236 g/mol. The predicted molar refractivity (Wildman–Crippen MR) is 72.1 cm³/mol. The van der Waals surface area contributed by atoms with Crippen molar-refractivity contribution >= 4 is 0 Å². The summed E-state index contributed by atoms with van der Waals surface area (Å²) in [6, 6.07) is 1.82. The molecule has 3 rings (SSSR count). The molecular weight excluding hydrogens is 208 g/mol. The van der Waals surface area contributed by atoms with Crippen molar-refractivity contribution in [2.75, 3.05) is 19.6 Å². The lowest BCUT2D eigenvalue weighted by atomic mass is 9.85. The van der Waals surface area contributed by atoms with Gasteiger partial charge in [0.2, 0.25) is 0 Å². The maximum Gasteiger partial charge on any atom is 0.0124 e. The molecule has 3 fully saturated rings. The molecule has 0 amide bonds. The largest absolute Gasteiger partial charge is 0.314 e. The van der Waals surface area contributed by atoms with Crippen LogP contribution in [0.3, 0.4) is 0 Å². The average Bonchev–Trinajstić information content (AvgIpc) is 3.10. The minimum Gasteiger partial charge on any atom is -0.314 e. The Bertz CT molecular complexity index is 249. The third kappa shape index (κ3) is 3.03. The second kappa shape index (κ2) is 5.27. The topological polar surface area (TPSA) is 15.3 Å². The van der Waals surface area contributed by atoms with Crippen LogP contribution < -0.4 is 5.32 Å². The average molecular weight is 236 g/mol. The Kier molecular flexibility index (Phi) is 3.72. The number of likely N-dealkylation sites (tertiary alicyclic amines) is 1. The minimum absolute atomic E-state index is 0.830. The fourth-order valence-corrected chi connectivity index (χ4v) is 3.85. The molecule has 2 aliphatic carbocycles. The second-order valence-corrected chi connectivity index (χ2v) is 6.68. The van der Waals surface area contributed by atoms with Crippen molar-refractivity contribution < 1.29 is 0 Å². The van der Waals surface area contributed by atoms with Gasteiger partial charge in [0, 0.05) is 18.6 Å². The standard InChI is InChI=1S/C15H28N2/c1-12(10-16-14-6-7-14)11-17-9-8-13-4-2-3-5-15(13)17/h12-16H,2-11H2,1H3. The molecule has 0 aromatic carbocycles. The molecular formula is C15H28N2. The van der Waals surface area contributed by atoms with Gasteiger partial charge in [-0.3, -0.25) is 4.90 Å². The number of hydrogen-bond donors (Lipinski definition) is 1. The first kappa shape index (κ1) is 12.0. The van der Waals surface area contributed by atoms with Crippen LogP contribution in [0.5, 0.6) is 0 Å². The van der Waals surface area contributed by atoms with E-state index in [-0.39, 0.29) is 0 Å². The van der Waals surface area contributed by atoms with Crippen molar-refractivity contribution in [3.05, 3.63) is 0 Å². The molecule has 1 N–H and O–H groups in total. The van der Waals surface area contributed by atoms with E-state index in [0.717, 1.165) is 23.9 Å². The van der Waals surface area contributed by atoms with Crippen LogP contribution in [0.1, 0.15) is 51.9 Å². The Morgan fingerprint density at radius 1 is 1.12 bits per heavy atom. The van der Waals surface area contributed by atoms with E-state index >= 15 is 0 Å². The van der Waals surface area contributed by atoms with Gasteiger partial charge in [0.1, 0.15) is 0 Å². The van der Waals surface area contributed by atoms with Crippen molar-refractivity contribution in [2.24, 2.45) is 11.8 Å². The van der Waals surface area contributed by atoms with Crippen LogP contribution in [0.2, 0.25) is 0 Å². The molecule has 0 spiro atoms. The summed E-state index contributed by atoms with van der Waals surface area (Å²) >= 11 is 0. The number of hydrogen-bond acceptors (Lipinski definition) is 2. The summed E-state index contributed by atoms with van der Waals surface area (Å²) in [7, 11) is 0. The van der Waals surface area contributed by atoms with Crippen molar-refractivity contribution in [3.8, 4) is 0 Å². The van der Waals surface area contributed by atoms with Gasteiger partial charge in [-0.1, -0.05) is 19.8 Å².